The van der Waals surface area contributed by atoms with Gasteiger partial charge < -0.3 is 5.11 Å². The number of carboxylic acids is 1. The van der Waals surface area contributed by atoms with Crippen LogP contribution in [0.4, 0.5) is 0 Å². The quantitative estimate of drug-likeness (QED) is 0.697. The molecule has 9 heavy (non-hydrogen) atoms. The second-order valence-electron chi connectivity index (χ2n) is 1.69. The zero-order valence-corrected chi connectivity index (χ0v) is 6.81. The molecule has 0 aromatic heterocycles. The van der Waals surface area contributed by atoms with Crippen LogP contribution in [0.2, 0.25) is 0 Å². The van der Waals surface area contributed by atoms with E-state index in [0.29, 0.717) is 12.0 Å². The van der Waals surface area contributed by atoms with Crippen LogP contribution in [0.5, 0.6) is 0 Å². The lowest BCUT2D eigenvalue weighted by Gasteiger charge is -1.94. The fraction of sp³-hybridized carbons (Fsp3) is 0.500. The Kier molecular flexibility index (Phi) is 4.40. The second-order valence-corrected chi connectivity index (χ2v) is 2.15. The zero-order chi connectivity index (χ0) is 7.28. The van der Waals surface area contributed by atoms with E-state index in [1.807, 2.05) is 6.92 Å². The third-order valence-electron chi connectivity index (χ3n) is 0.926. The Bertz CT molecular complexity index is 129. The van der Waals surface area contributed by atoms with E-state index in [0.717, 1.165) is 6.42 Å². The number of hydrogen-bond acceptors (Lipinski definition) is 1. The van der Waals surface area contributed by atoms with E-state index in [1.54, 1.807) is 0 Å². The largest absolute Gasteiger partial charge is 0.478 e. The molecule has 0 fully saturated rings. The molecule has 0 aliphatic carbocycles. The second kappa shape index (κ2) is 4.56. The van der Waals surface area contributed by atoms with Crippen molar-refractivity contribution in [3.63, 3.8) is 0 Å². The highest BCUT2D eigenvalue weighted by molar-refractivity contribution is 9.11. The van der Waals surface area contributed by atoms with Gasteiger partial charge in [0.2, 0.25) is 0 Å². The van der Waals surface area contributed by atoms with Crippen molar-refractivity contribution in [2.45, 2.75) is 19.8 Å². The Hall–Kier alpha value is -0.310. The van der Waals surface area contributed by atoms with Crippen molar-refractivity contribution in [1.82, 2.24) is 0 Å². The average molecular weight is 193 g/mol. The fourth-order valence-electron chi connectivity index (χ4n) is 0.477. The van der Waals surface area contributed by atoms with Gasteiger partial charge >= 0.3 is 5.97 Å². The summed E-state index contributed by atoms with van der Waals surface area (Å²) >= 11 is 2.97. The zero-order valence-electron chi connectivity index (χ0n) is 5.22. The molecule has 0 rings (SSSR count). The van der Waals surface area contributed by atoms with Gasteiger partial charge in [0.15, 0.2) is 0 Å². The molecule has 1 N–H and O–H groups in total. The molecular formula is C6H9BrO2. The minimum Gasteiger partial charge on any atom is -0.478 e. The van der Waals surface area contributed by atoms with Crippen molar-refractivity contribution in [2.24, 2.45) is 0 Å². The molecule has 2 nitrogen and oxygen atoms in total. The molecule has 0 aromatic carbocycles. The highest BCUT2D eigenvalue weighted by Crippen LogP contribution is 2.06. The van der Waals surface area contributed by atoms with Crippen LogP contribution in [0.3, 0.4) is 0 Å². The van der Waals surface area contributed by atoms with Crippen molar-refractivity contribution >= 4 is 21.9 Å². The molecule has 0 atom stereocenters. The number of rotatable bonds is 3. The predicted molar refractivity (Wildman–Crippen MR) is 39.6 cm³/mol. The summed E-state index contributed by atoms with van der Waals surface area (Å²) in [7, 11) is 0. The highest BCUT2D eigenvalue weighted by Gasteiger charge is 2.02. The molecule has 0 bridgehead atoms. The van der Waals surface area contributed by atoms with Crippen LogP contribution in [0.25, 0.3) is 0 Å². The molecule has 52 valence electrons. The van der Waals surface area contributed by atoms with Gasteiger partial charge in [-0.1, -0.05) is 29.3 Å². The van der Waals surface area contributed by atoms with Gasteiger partial charge in [-0.05, 0) is 11.4 Å². The van der Waals surface area contributed by atoms with Crippen LogP contribution in [0, 0.1) is 0 Å². The maximum atomic E-state index is 10.2. The van der Waals surface area contributed by atoms with Crippen molar-refractivity contribution in [2.75, 3.05) is 0 Å². The third-order valence-corrected chi connectivity index (χ3v) is 1.48. The standard InChI is InChI=1S/C6H9BrO2/c1-2-3-5(4-7)6(8)9/h4H,2-3H2,1H3,(H,8,9). The van der Waals surface area contributed by atoms with E-state index in [2.05, 4.69) is 15.9 Å². The van der Waals surface area contributed by atoms with Crippen molar-refractivity contribution in [3.8, 4) is 0 Å². The van der Waals surface area contributed by atoms with Gasteiger partial charge in [-0.2, -0.15) is 0 Å². The minimum absolute atomic E-state index is 0.428. The first-order valence-electron chi connectivity index (χ1n) is 2.75. The first-order chi connectivity index (χ1) is 4.22. The summed E-state index contributed by atoms with van der Waals surface area (Å²) in [6.45, 7) is 1.94. The van der Waals surface area contributed by atoms with Gasteiger partial charge in [-0.15, -0.1) is 0 Å². The third kappa shape index (κ3) is 3.30. The molecule has 0 aliphatic rings. The molecule has 3 heteroatoms. The molecule has 0 spiro atoms. The Morgan fingerprint density at radius 2 is 2.33 bits per heavy atom. The van der Waals surface area contributed by atoms with E-state index >= 15 is 0 Å². The van der Waals surface area contributed by atoms with Gasteiger partial charge in [-0.25, -0.2) is 4.79 Å². The summed E-state index contributed by atoms with van der Waals surface area (Å²) in [5, 5.41) is 8.41. The van der Waals surface area contributed by atoms with E-state index in [4.69, 9.17) is 5.11 Å². The van der Waals surface area contributed by atoms with Gasteiger partial charge in [0.1, 0.15) is 0 Å². The summed E-state index contributed by atoms with van der Waals surface area (Å²) in [4.78, 5) is 11.7. The summed E-state index contributed by atoms with van der Waals surface area (Å²) in [6, 6.07) is 0. The van der Waals surface area contributed by atoms with Crippen LogP contribution in [-0.2, 0) is 4.79 Å². The number of halogens is 1. The molecule has 0 saturated heterocycles. The summed E-state index contributed by atoms with van der Waals surface area (Å²) in [6.07, 6.45) is 1.49. The molecule has 0 saturated carbocycles. The topological polar surface area (TPSA) is 37.3 Å². The van der Waals surface area contributed by atoms with E-state index < -0.39 is 5.97 Å². The van der Waals surface area contributed by atoms with Crippen LogP contribution >= 0.6 is 15.9 Å². The first-order valence-corrected chi connectivity index (χ1v) is 3.66. The maximum absolute atomic E-state index is 10.2. The van der Waals surface area contributed by atoms with Crippen LogP contribution in [0.1, 0.15) is 19.8 Å². The Labute approximate surface area is 62.7 Å². The van der Waals surface area contributed by atoms with E-state index in [-0.39, 0.29) is 0 Å². The number of carboxylic acid groups (broad SMARTS) is 1. The minimum atomic E-state index is -0.839. The molecule has 0 aromatic rings. The summed E-state index contributed by atoms with van der Waals surface area (Å²) < 4.78 is 0. The molecule has 0 heterocycles. The average Bonchev–Trinajstić information content (AvgIpc) is 1.82. The smallest absolute Gasteiger partial charge is 0.332 e. The number of aliphatic carboxylic acids is 1. The van der Waals surface area contributed by atoms with Crippen LogP contribution < -0.4 is 0 Å². The first kappa shape index (κ1) is 8.69. The van der Waals surface area contributed by atoms with E-state index in [9.17, 15) is 4.79 Å². The summed E-state index contributed by atoms with van der Waals surface area (Å²) in [5.41, 5.74) is 0.428. The molecule has 0 amide bonds. The Morgan fingerprint density at radius 1 is 1.78 bits per heavy atom. The Balaban J connectivity index is 3.85. The van der Waals surface area contributed by atoms with Gasteiger partial charge in [-0.3, -0.25) is 0 Å². The van der Waals surface area contributed by atoms with Gasteiger partial charge in [0.25, 0.3) is 0 Å². The lowest BCUT2D eigenvalue weighted by atomic mass is 10.2. The number of carbonyl (C=O) groups is 1. The van der Waals surface area contributed by atoms with Crippen LogP contribution in [-0.4, -0.2) is 11.1 Å². The lowest BCUT2D eigenvalue weighted by molar-refractivity contribution is -0.132. The van der Waals surface area contributed by atoms with E-state index in [1.165, 1.54) is 4.99 Å². The molecule has 0 radical (unpaired) electrons. The predicted octanol–water partition coefficient (Wildman–Crippen LogP) is 2.15. The molecule has 0 unspecified atom stereocenters. The van der Waals surface area contributed by atoms with Crippen molar-refractivity contribution in [3.05, 3.63) is 10.6 Å². The van der Waals surface area contributed by atoms with Gasteiger partial charge in [0.05, 0.1) is 0 Å². The molecular weight excluding hydrogens is 184 g/mol. The van der Waals surface area contributed by atoms with Gasteiger partial charge in [0, 0.05) is 5.57 Å². The van der Waals surface area contributed by atoms with Crippen LogP contribution in [0.15, 0.2) is 10.6 Å². The van der Waals surface area contributed by atoms with Crippen molar-refractivity contribution in [1.29, 1.82) is 0 Å². The summed E-state index contributed by atoms with van der Waals surface area (Å²) in [5.74, 6) is -0.839. The Morgan fingerprint density at radius 3 is 2.44 bits per heavy atom. The fourth-order valence-corrected chi connectivity index (χ4v) is 0.902. The SMILES string of the molecule is CCCC(=CBr)C(=O)O. The molecule has 0 aliphatic heterocycles. The lowest BCUT2D eigenvalue weighted by Crippen LogP contribution is -1.98. The van der Waals surface area contributed by atoms with Crippen molar-refractivity contribution < 1.29 is 9.90 Å². The number of hydrogen-bond donors (Lipinski definition) is 1. The monoisotopic (exact) mass is 192 g/mol. The highest BCUT2D eigenvalue weighted by atomic mass is 79.9. The normalized spacial score (nSPS) is 11.6. The maximum Gasteiger partial charge on any atom is 0.332 e.